The van der Waals surface area contributed by atoms with Crippen LogP contribution in [0.1, 0.15) is 83.1 Å². The predicted octanol–water partition coefficient (Wildman–Crippen LogP) is 2.87. The van der Waals surface area contributed by atoms with Gasteiger partial charge in [0.15, 0.2) is 0 Å². The largest absolute Gasteiger partial charge is 0.459 e. The maximum absolute atomic E-state index is 12.8. The zero-order valence-corrected chi connectivity index (χ0v) is 30.1. The lowest BCUT2D eigenvalue weighted by Gasteiger charge is -2.35. The highest BCUT2D eigenvalue weighted by molar-refractivity contribution is 5.75. The van der Waals surface area contributed by atoms with Crippen molar-refractivity contribution < 1.29 is 28.6 Å². The molecular weight excluding hydrogens is 562 g/mol. The van der Waals surface area contributed by atoms with Crippen LogP contribution in [0.4, 0.5) is 0 Å². The number of ether oxygens (including phenoxy) is 3. The molecule has 1 aliphatic rings. The van der Waals surface area contributed by atoms with Crippen LogP contribution < -0.4 is 5.32 Å². The molecule has 0 aromatic rings. The first-order chi connectivity index (χ1) is 20.0. The summed E-state index contributed by atoms with van der Waals surface area (Å²) in [5.74, 6) is -0.974. The standard InChI is InChI=1S/C33H65N5O6/c1-30(2,3)26-37-16-14-34-13-15-36(23-27(39)42-31(4,5)6)20-17-35(18-21-37)19-22-38(24-28(40)43-32(7,8)9)25-29(41)44-33(10,11)12/h34H,13-26H2,1-12H3. The van der Waals surface area contributed by atoms with Gasteiger partial charge in [0.25, 0.3) is 0 Å². The van der Waals surface area contributed by atoms with Crippen LogP contribution >= 0.6 is 0 Å². The summed E-state index contributed by atoms with van der Waals surface area (Å²) in [7, 11) is 0. The molecule has 1 saturated heterocycles. The summed E-state index contributed by atoms with van der Waals surface area (Å²) < 4.78 is 16.8. The van der Waals surface area contributed by atoms with E-state index in [1.165, 1.54) is 0 Å². The number of carbonyl (C=O) groups is 3. The van der Waals surface area contributed by atoms with Gasteiger partial charge < -0.3 is 24.4 Å². The summed E-state index contributed by atoms with van der Waals surface area (Å²) in [6, 6.07) is 0. The molecule has 0 aromatic heterocycles. The number of hydrogen-bond donors (Lipinski definition) is 1. The minimum absolute atomic E-state index is 0.00304. The molecule has 1 rings (SSSR count). The van der Waals surface area contributed by atoms with Gasteiger partial charge in [-0.25, -0.2) is 0 Å². The lowest BCUT2D eigenvalue weighted by Crippen LogP contribution is -2.49. The maximum atomic E-state index is 12.8. The number of carbonyl (C=O) groups excluding carboxylic acids is 3. The fourth-order valence-corrected chi connectivity index (χ4v) is 4.88. The van der Waals surface area contributed by atoms with Crippen molar-refractivity contribution in [2.45, 2.75) is 99.9 Å². The van der Waals surface area contributed by atoms with Gasteiger partial charge in [-0.1, -0.05) is 20.8 Å². The topological polar surface area (TPSA) is 104 Å². The Labute approximate surface area is 268 Å². The Balaban J connectivity index is 3.09. The van der Waals surface area contributed by atoms with Crippen molar-refractivity contribution in [3.63, 3.8) is 0 Å². The highest BCUT2D eigenvalue weighted by Gasteiger charge is 2.25. The summed E-state index contributed by atoms with van der Waals surface area (Å²) in [5, 5.41) is 3.55. The van der Waals surface area contributed by atoms with Gasteiger partial charge in [-0.3, -0.25) is 29.1 Å². The van der Waals surface area contributed by atoms with Crippen molar-refractivity contribution in [2.24, 2.45) is 5.41 Å². The van der Waals surface area contributed by atoms with E-state index in [9.17, 15) is 14.4 Å². The second-order valence-corrected chi connectivity index (χ2v) is 16.2. The Morgan fingerprint density at radius 2 is 1.00 bits per heavy atom. The van der Waals surface area contributed by atoms with E-state index in [1.54, 1.807) is 0 Å². The minimum Gasteiger partial charge on any atom is -0.459 e. The van der Waals surface area contributed by atoms with Gasteiger partial charge in [-0.15, -0.1) is 0 Å². The SMILES string of the molecule is CC(C)(C)CN1CCNCCN(CC(=O)OC(C)(C)C)CCN(CCN(CC(=O)OC(C)(C)C)CC(=O)OC(C)(C)C)CC1. The van der Waals surface area contributed by atoms with Crippen LogP contribution in [0.2, 0.25) is 0 Å². The molecule has 0 bridgehead atoms. The van der Waals surface area contributed by atoms with Crippen LogP contribution in [0.25, 0.3) is 0 Å². The van der Waals surface area contributed by atoms with E-state index in [0.717, 1.165) is 52.4 Å². The monoisotopic (exact) mass is 627 g/mol. The van der Waals surface area contributed by atoms with Crippen LogP contribution in [-0.4, -0.2) is 146 Å². The molecule has 1 aliphatic heterocycles. The van der Waals surface area contributed by atoms with Crippen molar-refractivity contribution in [1.29, 1.82) is 0 Å². The average molecular weight is 628 g/mol. The highest BCUT2D eigenvalue weighted by Crippen LogP contribution is 2.15. The molecule has 0 aliphatic carbocycles. The second-order valence-electron chi connectivity index (χ2n) is 16.2. The number of rotatable bonds is 10. The van der Waals surface area contributed by atoms with E-state index >= 15 is 0 Å². The number of nitrogens with one attached hydrogen (secondary N) is 1. The highest BCUT2D eigenvalue weighted by atomic mass is 16.6. The van der Waals surface area contributed by atoms with Gasteiger partial charge in [-0.05, 0) is 67.7 Å². The first-order valence-electron chi connectivity index (χ1n) is 16.3. The van der Waals surface area contributed by atoms with Gasteiger partial charge in [0, 0.05) is 72.0 Å². The van der Waals surface area contributed by atoms with E-state index < -0.39 is 16.8 Å². The van der Waals surface area contributed by atoms with Crippen LogP contribution in [0, 0.1) is 5.41 Å². The molecule has 11 nitrogen and oxygen atoms in total. The molecule has 0 radical (unpaired) electrons. The molecule has 0 saturated carbocycles. The van der Waals surface area contributed by atoms with Gasteiger partial charge in [-0.2, -0.15) is 0 Å². The van der Waals surface area contributed by atoms with E-state index in [2.05, 4.69) is 40.8 Å². The third-order valence-electron chi connectivity index (χ3n) is 6.42. The Morgan fingerprint density at radius 3 is 1.45 bits per heavy atom. The van der Waals surface area contributed by atoms with Crippen LogP contribution in [0.3, 0.4) is 0 Å². The fraction of sp³-hybridized carbons (Fsp3) is 0.909. The number of hydrogen-bond acceptors (Lipinski definition) is 11. The molecule has 0 amide bonds. The van der Waals surface area contributed by atoms with Crippen molar-refractivity contribution in [1.82, 2.24) is 24.9 Å². The molecule has 1 fully saturated rings. The lowest BCUT2D eigenvalue weighted by molar-refractivity contribution is -0.160. The lowest BCUT2D eigenvalue weighted by atomic mass is 9.96. The van der Waals surface area contributed by atoms with Crippen LogP contribution in [-0.2, 0) is 28.6 Å². The predicted molar refractivity (Wildman–Crippen MR) is 176 cm³/mol. The molecule has 11 heteroatoms. The Hall–Kier alpha value is -1.79. The summed E-state index contributed by atoms with van der Waals surface area (Å²) >= 11 is 0. The zero-order valence-electron chi connectivity index (χ0n) is 30.1. The van der Waals surface area contributed by atoms with Gasteiger partial charge in [0.1, 0.15) is 16.8 Å². The van der Waals surface area contributed by atoms with Gasteiger partial charge in [0.05, 0.1) is 19.6 Å². The molecule has 1 N–H and O–H groups in total. The molecular formula is C33H65N5O6. The average Bonchev–Trinajstić information content (AvgIpc) is 2.76. The third-order valence-corrected chi connectivity index (χ3v) is 6.42. The Kier molecular flexibility index (Phi) is 16.3. The summed E-state index contributed by atoms with van der Waals surface area (Å²) in [6.45, 7) is 32.2. The fourth-order valence-electron chi connectivity index (χ4n) is 4.88. The van der Waals surface area contributed by atoms with Crippen molar-refractivity contribution in [3.05, 3.63) is 0 Å². The van der Waals surface area contributed by atoms with Crippen molar-refractivity contribution in [3.8, 4) is 0 Å². The van der Waals surface area contributed by atoms with Crippen molar-refractivity contribution in [2.75, 3.05) is 91.6 Å². The van der Waals surface area contributed by atoms with Gasteiger partial charge in [0.2, 0.25) is 0 Å². The van der Waals surface area contributed by atoms with Crippen molar-refractivity contribution >= 4 is 17.9 Å². The van der Waals surface area contributed by atoms with E-state index in [1.807, 2.05) is 67.2 Å². The Bertz CT molecular complexity index is 855. The van der Waals surface area contributed by atoms with Crippen LogP contribution in [0.5, 0.6) is 0 Å². The molecule has 44 heavy (non-hydrogen) atoms. The smallest absolute Gasteiger partial charge is 0.320 e. The summed E-state index contributed by atoms with van der Waals surface area (Å²) in [6.07, 6.45) is 0. The molecule has 0 aromatic carbocycles. The molecule has 0 atom stereocenters. The summed E-state index contributed by atoms with van der Waals surface area (Å²) in [4.78, 5) is 47.0. The molecule has 258 valence electrons. The number of nitrogens with zero attached hydrogens (tertiary/aromatic N) is 4. The second kappa shape index (κ2) is 17.8. The zero-order chi connectivity index (χ0) is 33.8. The molecule has 0 spiro atoms. The van der Waals surface area contributed by atoms with E-state index in [-0.39, 0.29) is 43.0 Å². The normalized spacial score (nSPS) is 17.9. The molecule has 0 unspecified atom stereocenters. The summed E-state index contributed by atoms with van der Waals surface area (Å²) in [5.41, 5.74) is -1.59. The van der Waals surface area contributed by atoms with E-state index in [4.69, 9.17) is 14.2 Å². The molecule has 1 heterocycles. The minimum atomic E-state index is -0.616. The Morgan fingerprint density at radius 1 is 0.591 bits per heavy atom. The van der Waals surface area contributed by atoms with E-state index in [0.29, 0.717) is 19.6 Å². The van der Waals surface area contributed by atoms with Crippen LogP contribution in [0.15, 0.2) is 0 Å². The first kappa shape index (κ1) is 40.2. The maximum Gasteiger partial charge on any atom is 0.320 e. The van der Waals surface area contributed by atoms with Gasteiger partial charge >= 0.3 is 17.9 Å². The third kappa shape index (κ3) is 21.8. The quantitative estimate of drug-likeness (QED) is 0.286. The first-order valence-corrected chi connectivity index (χ1v) is 16.3. The number of esters is 3.